The van der Waals surface area contributed by atoms with E-state index in [0.29, 0.717) is 17.9 Å². The second-order valence-corrected chi connectivity index (χ2v) is 9.96. The Balaban J connectivity index is 1.79. The van der Waals surface area contributed by atoms with Gasteiger partial charge in [0.1, 0.15) is 5.75 Å². The molecule has 3 rings (SSSR count). The molecule has 0 fully saturated rings. The van der Waals surface area contributed by atoms with Gasteiger partial charge in [-0.05, 0) is 54.3 Å². The fraction of sp³-hybridized carbons (Fsp3) is 0.269. The van der Waals surface area contributed by atoms with Crippen LogP contribution in [0.5, 0.6) is 5.75 Å². The highest BCUT2D eigenvalue weighted by Gasteiger charge is 2.24. The van der Waals surface area contributed by atoms with Crippen molar-refractivity contribution in [3.63, 3.8) is 0 Å². The molecule has 0 spiro atoms. The van der Waals surface area contributed by atoms with Gasteiger partial charge in [0.05, 0.1) is 18.0 Å². The van der Waals surface area contributed by atoms with Gasteiger partial charge >= 0.3 is 0 Å². The number of benzene rings is 3. The lowest BCUT2D eigenvalue weighted by molar-refractivity contribution is -0.128. The summed E-state index contributed by atoms with van der Waals surface area (Å²) in [5, 5.41) is 3.16. The fourth-order valence-electron chi connectivity index (χ4n) is 3.54. The lowest BCUT2D eigenvalue weighted by Gasteiger charge is -2.25. The van der Waals surface area contributed by atoms with E-state index in [-0.39, 0.29) is 11.9 Å². The van der Waals surface area contributed by atoms with E-state index in [1.165, 1.54) is 11.4 Å². The molecule has 33 heavy (non-hydrogen) atoms. The number of rotatable bonds is 9. The molecule has 3 aromatic carbocycles. The standard InChI is InChI=1S/C26H30N2O4S/c1-5-24(32-22-17-15-21(16-18-22)28(3)33(4,30)31)26(29)27-25(20-12-7-6-8-13-20)23-14-10-9-11-19(23)2/h6-18,24-25H,5H2,1-4H3,(H,27,29)/t24-,25+/m0/s1. The van der Waals surface area contributed by atoms with E-state index >= 15 is 0 Å². The molecule has 2 atom stereocenters. The van der Waals surface area contributed by atoms with Crippen LogP contribution < -0.4 is 14.4 Å². The minimum atomic E-state index is -3.35. The Bertz CT molecular complexity index is 1180. The summed E-state index contributed by atoms with van der Waals surface area (Å²) in [6, 6.07) is 24.2. The Kier molecular flexibility index (Phi) is 7.76. The number of hydrogen-bond donors (Lipinski definition) is 1. The van der Waals surface area contributed by atoms with Crippen LogP contribution in [-0.2, 0) is 14.8 Å². The number of nitrogens with one attached hydrogen (secondary N) is 1. The molecule has 1 N–H and O–H groups in total. The number of nitrogens with zero attached hydrogens (tertiary/aromatic N) is 1. The molecule has 0 aromatic heterocycles. The Morgan fingerprint density at radius 3 is 2.15 bits per heavy atom. The van der Waals surface area contributed by atoms with E-state index in [1.54, 1.807) is 24.3 Å². The monoisotopic (exact) mass is 466 g/mol. The molecule has 0 bridgehead atoms. The second kappa shape index (κ2) is 10.5. The number of carbonyl (C=O) groups is 1. The third-order valence-electron chi connectivity index (χ3n) is 5.56. The van der Waals surface area contributed by atoms with Gasteiger partial charge in [-0.15, -0.1) is 0 Å². The van der Waals surface area contributed by atoms with Crippen LogP contribution in [0.25, 0.3) is 0 Å². The summed E-state index contributed by atoms with van der Waals surface area (Å²) in [5.41, 5.74) is 3.63. The van der Waals surface area contributed by atoms with Crippen molar-refractivity contribution >= 4 is 21.6 Å². The van der Waals surface area contributed by atoms with Gasteiger partial charge in [-0.25, -0.2) is 8.42 Å². The van der Waals surface area contributed by atoms with Gasteiger partial charge in [-0.3, -0.25) is 9.10 Å². The topological polar surface area (TPSA) is 75.7 Å². The largest absolute Gasteiger partial charge is 0.481 e. The average Bonchev–Trinajstić information content (AvgIpc) is 2.81. The predicted octanol–water partition coefficient (Wildman–Crippen LogP) is 4.45. The molecule has 3 aromatic rings. The Hall–Kier alpha value is -3.32. The Morgan fingerprint density at radius 2 is 1.58 bits per heavy atom. The minimum absolute atomic E-state index is 0.216. The van der Waals surface area contributed by atoms with E-state index < -0.39 is 16.1 Å². The highest BCUT2D eigenvalue weighted by atomic mass is 32.2. The van der Waals surface area contributed by atoms with E-state index in [2.05, 4.69) is 5.32 Å². The minimum Gasteiger partial charge on any atom is -0.481 e. The van der Waals surface area contributed by atoms with Gasteiger partial charge in [0.2, 0.25) is 10.0 Å². The molecule has 0 unspecified atom stereocenters. The second-order valence-electron chi connectivity index (χ2n) is 7.95. The van der Waals surface area contributed by atoms with Crippen molar-refractivity contribution in [3.05, 3.63) is 95.6 Å². The number of sulfonamides is 1. The lowest BCUT2D eigenvalue weighted by Crippen LogP contribution is -2.40. The zero-order valence-corrected chi connectivity index (χ0v) is 20.2. The number of amides is 1. The number of hydrogen-bond acceptors (Lipinski definition) is 4. The zero-order chi connectivity index (χ0) is 24.0. The van der Waals surface area contributed by atoms with Crippen LogP contribution in [0.2, 0.25) is 0 Å². The predicted molar refractivity (Wildman–Crippen MR) is 132 cm³/mol. The van der Waals surface area contributed by atoms with Crippen molar-refractivity contribution in [2.75, 3.05) is 17.6 Å². The summed E-state index contributed by atoms with van der Waals surface area (Å²) in [6.07, 6.45) is 0.928. The summed E-state index contributed by atoms with van der Waals surface area (Å²) >= 11 is 0. The zero-order valence-electron chi connectivity index (χ0n) is 19.4. The van der Waals surface area contributed by atoms with E-state index in [4.69, 9.17) is 4.74 Å². The van der Waals surface area contributed by atoms with Crippen LogP contribution >= 0.6 is 0 Å². The van der Waals surface area contributed by atoms with Crippen LogP contribution in [0.3, 0.4) is 0 Å². The third kappa shape index (κ3) is 6.14. The van der Waals surface area contributed by atoms with Crippen LogP contribution in [0.15, 0.2) is 78.9 Å². The molecule has 7 heteroatoms. The molecule has 0 aliphatic heterocycles. The van der Waals surface area contributed by atoms with Crippen molar-refractivity contribution in [2.45, 2.75) is 32.4 Å². The van der Waals surface area contributed by atoms with E-state index in [9.17, 15) is 13.2 Å². The molecule has 0 aliphatic rings. The summed E-state index contributed by atoms with van der Waals surface area (Å²) in [5.74, 6) is 0.279. The smallest absolute Gasteiger partial charge is 0.261 e. The third-order valence-corrected chi connectivity index (χ3v) is 6.76. The lowest BCUT2D eigenvalue weighted by atomic mass is 9.94. The van der Waals surface area contributed by atoms with Gasteiger partial charge < -0.3 is 10.1 Å². The van der Waals surface area contributed by atoms with Crippen LogP contribution in [0.4, 0.5) is 5.69 Å². The highest BCUT2D eigenvalue weighted by Crippen LogP contribution is 2.26. The average molecular weight is 467 g/mol. The van der Waals surface area contributed by atoms with Crippen LogP contribution in [0.1, 0.15) is 36.1 Å². The quantitative estimate of drug-likeness (QED) is 0.505. The van der Waals surface area contributed by atoms with Crippen molar-refractivity contribution in [1.29, 1.82) is 0 Å². The Morgan fingerprint density at radius 1 is 0.970 bits per heavy atom. The maximum atomic E-state index is 13.2. The first kappa shape index (κ1) is 24.3. The molecular formula is C26H30N2O4S. The number of anilines is 1. The van der Waals surface area contributed by atoms with Crippen LogP contribution in [0, 0.1) is 6.92 Å². The Labute approximate surface area is 196 Å². The number of aryl methyl sites for hydroxylation is 1. The SMILES string of the molecule is CC[C@H](Oc1ccc(N(C)S(C)(=O)=O)cc1)C(=O)N[C@H](c1ccccc1)c1ccccc1C. The molecule has 1 amide bonds. The normalized spacial score (nSPS) is 13.1. The van der Waals surface area contributed by atoms with Gasteiger partial charge in [-0.2, -0.15) is 0 Å². The van der Waals surface area contributed by atoms with E-state index in [1.807, 2.05) is 68.4 Å². The van der Waals surface area contributed by atoms with Gasteiger partial charge in [0.25, 0.3) is 5.91 Å². The van der Waals surface area contributed by atoms with Crippen LogP contribution in [-0.4, -0.2) is 33.7 Å². The molecular weight excluding hydrogens is 436 g/mol. The van der Waals surface area contributed by atoms with Crippen molar-refractivity contribution in [2.24, 2.45) is 0 Å². The molecule has 6 nitrogen and oxygen atoms in total. The highest BCUT2D eigenvalue weighted by molar-refractivity contribution is 7.92. The number of carbonyl (C=O) groups excluding carboxylic acids is 1. The summed E-state index contributed by atoms with van der Waals surface area (Å²) < 4.78 is 30.6. The maximum Gasteiger partial charge on any atom is 0.261 e. The van der Waals surface area contributed by atoms with Crippen molar-refractivity contribution < 1.29 is 17.9 Å². The maximum absolute atomic E-state index is 13.2. The van der Waals surface area contributed by atoms with Gasteiger partial charge in [0, 0.05) is 7.05 Å². The molecule has 0 saturated carbocycles. The first-order chi connectivity index (χ1) is 15.7. The first-order valence-corrected chi connectivity index (χ1v) is 12.7. The summed E-state index contributed by atoms with van der Waals surface area (Å²) in [7, 11) is -1.86. The summed E-state index contributed by atoms with van der Waals surface area (Å²) in [4.78, 5) is 13.2. The van der Waals surface area contributed by atoms with Crippen molar-refractivity contribution in [3.8, 4) is 5.75 Å². The summed E-state index contributed by atoms with van der Waals surface area (Å²) in [6.45, 7) is 3.92. The van der Waals surface area contributed by atoms with Gasteiger partial charge in [0.15, 0.2) is 6.10 Å². The van der Waals surface area contributed by atoms with E-state index in [0.717, 1.165) is 22.9 Å². The fourth-order valence-corrected chi connectivity index (χ4v) is 4.05. The van der Waals surface area contributed by atoms with Crippen molar-refractivity contribution in [1.82, 2.24) is 5.32 Å². The molecule has 0 saturated heterocycles. The number of ether oxygens (including phenoxy) is 1. The molecule has 174 valence electrons. The molecule has 0 aliphatic carbocycles. The molecule has 0 radical (unpaired) electrons. The molecule has 0 heterocycles. The van der Waals surface area contributed by atoms with Gasteiger partial charge in [-0.1, -0.05) is 61.5 Å². The first-order valence-electron chi connectivity index (χ1n) is 10.8.